The van der Waals surface area contributed by atoms with Crippen LogP contribution in [0.5, 0.6) is 5.75 Å². The van der Waals surface area contributed by atoms with Crippen LogP contribution in [0.1, 0.15) is 27.9 Å². The summed E-state index contributed by atoms with van der Waals surface area (Å²) in [6, 6.07) is 23.2. The van der Waals surface area contributed by atoms with Crippen molar-refractivity contribution >= 4 is 10.9 Å². The number of benzene rings is 3. The Morgan fingerprint density at radius 2 is 1.86 bits per heavy atom. The van der Waals surface area contributed by atoms with E-state index in [2.05, 4.69) is 17.1 Å². The third-order valence-corrected chi connectivity index (χ3v) is 7.11. The van der Waals surface area contributed by atoms with Gasteiger partial charge in [0.2, 0.25) is 0 Å². The van der Waals surface area contributed by atoms with Gasteiger partial charge < -0.3 is 19.6 Å². The number of hydrogen-bond donors (Lipinski definition) is 1. The van der Waals surface area contributed by atoms with Crippen LogP contribution in [0.25, 0.3) is 22.0 Å². The lowest BCUT2D eigenvalue weighted by Gasteiger charge is -2.32. The van der Waals surface area contributed by atoms with Crippen LogP contribution in [0.2, 0.25) is 0 Å². The van der Waals surface area contributed by atoms with E-state index in [0.717, 1.165) is 44.4 Å². The Kier molecular flexibility index (Phi) is 4.82. The van der Waals surface area contributed by atoms with E-state index in [4.69, 9.17) is 10.5 Å². The molecule has 3 heterocycles. The topological polar surface area (TPSA) is 98.9 Å². The van der Waals surface area contributed by atoms with Crippen molar-refractivity contribution in [2.45, 2.75) is 12.1 Å². The fraction of sp³-hybridized carbons (Fsp3) is 0.138. The summed E-state index contributed by atoms with van der Waals surface area (Å²) < 4.78 is 9.71. The number of fused-ring (bicyclic) bond motifs is 6. The summed E-state index contributed by atoms with van der Waals surface area (Å²) in [4.78, 5) is 17.2. The monoisotopic (exact) mass is 473 g/mol. The molecule has 6 bridgehead atoms. The van der Waals surface area contributed by atoms with Crippen molar-refractivity contribution in [1.29, 1.82) is 5.26 Å². The molecule has 176 valence electrons. The predicted molar refractivity (Wildman–Crippen MR) is 137 cm³/mol. The Hall–Kier alpha value is -4.67. The highest BCUT2D eigenvalue weighted by Crippen LogP contribution is 2.39. The van der Waals surface area contributed by atoms with E-state index in [0.29, 0.717) is 11.3 Å². The van der Waals surface area contributed by atoms with Crippen molar-refractivity contribution in [2.75, 3.05) is 0 Å². The first-order chi connectivity index (χ1) is 17.4. The van der Waals surface area contributed by atoms with Crippen molar-refractivity contribution in [2.24, 2.45) is 19.8 Å². The molecule has 0 saturated heterocycles. The number of ether oxygens (including phenoxy) is 1. The zero-order valence-electron chi connectivity index (χ0n) is 19.9. The summed E-state index contributed by atoms with van der Waals surface area (Å²) in [7, 11) is 3.68. The predicted octanol–water partition coefficient (Wildman–Crippen LogP) is 3.95. The molecule has 0 saturated carbocycles. The summed E-state index contributed by atoms with van der Waals surface area (Å²) >= 11 is 0. The van der Waals surface area contributed by atoms with Crippen LogP contribution in [0.4, 0.5) is 0 Å². The average molecular weight is 474 g/mol. The minimum Gasteiger partial charge on any atom is -0.488 e. The Balaban J connectivity index is 1.77. The third-order valence-electron chi connectivity index (χ3n) is 7.11. The van der Waals surface area contributed by atoms with Gasteiger partial charge in [-0.2, -0.15) is 5.26 Å². The normalized spacial score (nSPS) is 16.5. The van der Waals surface area contributed by atoms with E-state index in [1.54, 1.807) is 36.3 Å². The number of nitriles is 1. The number of aromatic nitrogens is 3. The van der Waals surface area contributed by atoms with Gasteiger partial charge in [-0.1, -0.05) is 30.3 Å². The molecule has 7 nitrogen and oxygen atoms in total. The maximum Gasteiger partial charge on any atom is 0.251 e. The Morgan fingerprint density at radius 1 is 1.06 bits per heavy atom. The van der Waals surface area contributed by atoms with Crippen molar-refractivity contribution in [3.63, 3.8) is 0 Å². The summed E-state index contributed by atoms with van der Waals surface area (Å²) in [5, 5.41) is 10.7. The molecule has 1 aliphatic rings. The molecule has 5 aromatic rings. The molecule has 0 spiro atoms. The zero-order chi connectivity index (χ0) is 25.0. The third kappa shape index (κ3) is 3.16. The minimum absolute atomic E-state index is 0.0906. The molecule has 36 heavy (non-hydrogen) atoms. The molecule has 1 atom stereocenters. The maximum absolute atomic E-state index is 12.9. The first-order valence-corrected chi connectivity index (χ1v) is 11.6. The molecule has 6 rings (SSSR count). The van der Waals surface area contributed by atoms with E-state index < -0.39 is 5.54 Å². The number of imidazole rings is 1. The second-order valence-electron chi connectivity index (χ2n) is 9.20. The summed E-state index contributed by atoms with van der Waals surface area (Å²) in [5.41, 5.74) is 12.4. The maximum atomic E-state index is 12.9. The molecular weight excluding hydrogens is 450 g/mol. The van der Waals surface area contributed by atoms with Gasteiger partial charge in [0, 0.05) is 25.5 Å². The van der Waals surface area contributed by atoms with E-state index in [1.165, 1.54) is 0 Å². The molecule has 3 aromatic carbocycles. The number of rotatable bonds is 1. The SMILES string of the molecule is Cn1cncc1[C@@]1(N)c2ccc(C#N)c(c2)OCc2cccc(c2)-c2cc(=O)n(C)c3ccc1cc23. The lowest BCUT2D eigenvalue weighted by Crippen LogP contribution is -2.41. The number of hydrogen-bond acceptors (Lipinski definition) is 5. The fourth-order valence-corrected chi connectivity index (χ4v) is 5.11. The van der Waals surface area contributed by atoms with Crippen LogP contribution in [0.3, 0.4) is 0 Å². The van der Waals surface area contributed by atoms with Gasteiger partial charge in [0.1, 0.15) is 24.0 Å². The van der Waals surface area contributed by atoms with Gasteiger partial charge in [-0.3, -0.25) is 4.79 Å². The van der Waals surface area contributed by atoms with Crippen molar-refractivity contribution in [3.05, 3.63) is 118 Å². The smallest absolute Gasteiger partial charge is 0.251 e. The first-order valence-electron chi connectivity index (χ1n) is 11.6. The number of nitrogens with zero attached hydrogens (tertiary/aromatic N) is 4. The van der Waals surface area contributed by atoms with Crippen LogP contribution in [0, 0.1) is 11.3 Å². The van der Waals surface area contributed by atoms with E-state index in [1.807, 2.05) is 60.1 Å². The fourth-order valence-electron chi connectivity index (χ4n) is 5.11. The molecule has 0 fully saturated rings. The van der Waals surface area contributed by atoms with Crippen LogP contribution in [0.15, 0.2) is 84.0 Å². The average Bonchev–Trinajstić information content (AvgIpc) is 3.34. The van der Waals surface area contributed by atoms with Gasteiger partial charge in [-0.15, -0.1) is 0 Å². The molecular formula is C29H23N5O2. The highest BCUT2D eigenvalue weighted by atomic mass is 16.5. The van der Waals surface area contributed by atoms with Crippen molar-refractivity contribution in [3.8, 4) is 22.9 Å². The summed E-state index contributed by atoms with van der Waals surface area (Å²) in [5.74, 6) is 0.462. The lowest BCUT2D eigenvalue weighted by atomic mass is 9.79. The first kappa shape index (κ1) is 21.8. The largest absolute Gasteiger partial charge is 0.488 e. The second-order valence-corrected chi connectivity index (χ2v) is 9.20. The van der Waals surface area contributed by atoms with Gasteiger partial charge in [-0.05, 0) is 58.1 Å². The van der Waals surface area contributed by atoms with Crippen LogP contribution < -0.4 is 16.0 Å². The van der Waals surface area contributed by atoms with Gasteiger partial charge in [0.15, 0.2) is 0 Å². The molecule has 2 N–H and O–H groups in total. The lowest BCUT2D eigenvalue weighted by molar-refractivity contribution is 0.304. The highest BCUT2D eigenvalue weighted by molar-refractivity contribution is 5.95. The molecule has 0 radical (unpaired) electrons. The second kappa shape index (κ2) is 7.94. The van der Waals surface area contributed by atoms with E-state index >= 15 is 0 Å². The van der Waals surface area contributed by atoms with Crippen LogP contribution in [-0.2, 0) is 26.2 Å². The number of nitrogens with two attached hydrogens (primary N) is 1. The molecule has 0 aliphatic carbocycles. The quantitative estimate of drug-likeness (QED) is 0.397. The van der Waals surface area contributed by atoms with Crippen LogP contribution >= 0.6 is 0 Å². The van der Waals surface area contributed by atoms with Crippen LogP contribution in [-0.4, -0.2) is 14.1 Å². The van der Waals surface area contributed by atoms with E-state index in [9.17, 15) is 10.1 Å². The molecule has 0 amide bonds. The molecule has 7 heteroatoms. The Morgan fingerprint density at radius 3 is 2.64 bits per heavy atom. The number of aryl methyl sites for hydroxylation is 2. The van der Waals surface area contributed by atoms with Crippen molar-refractivity contribution < 1.29 is 4.74 Å². The zero-order valence-corrected chi connectivity index (χ0v) is 19.9. The minimum atomic E-state index is -1.11. The Bertz CT molecular complexity index is 1780. The van der Waals surface area contributed by atoms with Gasteiger partial charge >= 0.3 is 0 Å². The Labute approximate surface area is 207 Å². The highest BCUT2D eigenvalue weighted by Gasteiger charge is 2.36. The summed E-state index contributed by atoms with van der Waals surface area (Å²) in [6.07, 6.45) is 3.47. The van der Waals surface area contributed by atoms with Gasteiger partial charge in [0.05, 0.1) is 29.3 Å². The van der Waals surface area contributed by atoms with Gasteiger partial charge in [0.25, 0.3) is 5.56 Å². The molecule has 1 aliphatic heterocycles. The van der Waals surface area contributed by atoms with Gasteiger partial charge in [-0.25, -0.2) is 4.98 Å². The summed E-state index contributed by atoms with van der Waals surface area (Å²) in [6.45, 7) is 0.265. The van der Waals surface area contributed by atoms with E-state index in [-0.39, 0.29) is 12.2 Å². The van der Waals surface area contributed by atoms with Crippen molar-refractivity contribution in [1.82, 2.24) is 14.1 Å². The molecule has 2 aromatic heterocycles. The molecule has 0 unspecified atom stereocenters. The number of pyridine rings is 1. The standard InChI is InChI=1S/C29H23N5O2/c1-33-17-32-15-27(33)29(31)21-8-9-25-24(11-21)23(13-28(35)34(25)2)19-5-3-4-18(10-19)16-36-26-12-22(29)7-6-20(26)14-30/h3-13,15,17H,16,31H2,1-2H3/t29-/m0/s1.